The van der Waals surface area contributed by atoms with Gasteiger partial charge in [0.15, 0.2) is 5.78 Å². The van der Waals surface area contributed by atoms with Gasteiger partial charge in [-0.2, -0.15) is 5.21 Å². The topological polar surface area (TPSA) is 113 Å². The number of amides is 2. The van der Waals surface area contributed by atoms with Crippen molar-refractivity contribution in [3.05, 3.63) is 52.5 Å². The van der Waals surface area contributed by atoms with Crippen molar-refractivity contribution in [2.75, 3.05) is 10.6 Å². The molecule has 0 fully saturated rings. The third-order valence-corrected chi connectivity index (χ3v) is 3.84. The van der Waals surface area contributed by atoms with Gasteiger partial charge in [0.2, 0.25) is 5.82 Å². The number of H-pyrrole nitrogens is 1. The van der Waals surface area contributed by atoms with E-state index in [2.05, 4.69) is 47.2 Å². The number of carbonyl (C=O) groups is 2. The average molecular weight is 401 g/mol. The number of nitrogens with one attached hydrogen (secondary N) is 3. The van der Waals surface area contributed by atoms with Crippen LogP contribution in [-0.4, -0.2) is 32.4 Å². The highest BCUT2D eigenvalue weighted by molar-refractivity contribution is 9.10. The maximum absolute atomic E-state index is 12.3. The number of anilines is 2. The molecule has 0 aliphatic carbocycles. The number of nitrogens with zero attached hydrogens (tertiary/aromatic N) is 3. The van der Waals surface area contributed by atoms with E-state index in [1.165, 1.54) is 6.92 Å². The van der Waals surface area contributed by atoms with E-state index in [9.17, 15) is 9.59 Å². The zero-order chi connectivity index (χ0) is 17.8. The Morgan fingerprint density at radius 2 is 1.96 bits per heavy atom. The summed E-state index contributed by atoms with van der Waals surface area (Å²) in [6, 6.07) is 11.5. The highest BCUT2D eigenvalue weighted by atomic mass is 79.9. The average Bonchev–Trinajstić information content (AvgIpc) is 3.11. The molecule has 0 atom stereocenters. The van der Waals surface area contributed by atoms with Crippen molar-refractivity contribution in [2.45, 2.75) is 6.92 Å². The Kier molecular flexibility index (Phi) is 4.85. The SMILES string of the molecule is CC(=O)c1cccc(NC(=O)Nc2ccc(Br)cc2-c2nn[nH]n2)c1. The summed E-state index contributed by atoms with van der Waals surface area (Å²) < 4.78 is 0.812. The van der Waals surface area contributed by atoms with Crippen LogP contribution in [-0.2, 0) is 0 Å². The number of carbonyl (C=O) groups excluding carboxylic acids is 2. The van der Waals surface area contributed by atoms with Gasteiger partial charge < -0.3 is 10.6 Å². The molecular formula is C16H13BrN6O2. The highest BCUT2D eigenvalue weighted by Gasteiger charge is 2.13. The molecule has 126 valence electrons. The molecule has 0 unspecified atom stereocenters. The Balaban J connectivity index is 1.80. The minimum Gasteiger partial charge on any atom is -0.308 e. The summed E-state index contributed by atoms with van der Waals surface area (Å²) in [5, 5.41) is 19.2. The Hall–Kier alpha value is -3.07. The monoisotopic (exact) mass is 400 g/mol. The molecule has 25 heavy (non-hydrogen) atoms. The summed E-state index contributed by atoms with van der Waals surface area (Å²) >= 11 is 3.38. The van der Waals surface area contributed by atoms with Gasteiger partial charge in [-0.1, -0.05) is 28.1 Å². The van der Waals surface area contributed by atoms with Crippen LogP contribution in [0.5, 0.6) is 0 Å². The number of halogens is 1. The third kappa shape index (κ3) is 4.07. The molecule has 3 aromatic rings. The number of aromatic nitrogens is 4. The number of tetrazole rings is 1. The van der Waals surface area contributed by atoms with Crippen LogP contribution in [0.15, 0.2) is 46.9 Å². The van der Waals surface area contributed by atoms with Crippen LogP contribution >= 0.6 is 15.9 Å². The lowest BCUT2D eigenvalue weighted by atomic mass is 10.1. The van der Waals surface area contributed by atoms with Crippen LogP contribution < -0.4 is 10.6 Å². The van der Waals surface area contributed by atoms with Gasteiger partial charge in [-0.15, -0.1) is 10.2 Å². The molecule has 0 saturated heterocycles. The lowest BCUT2D eigenvalue weighted by molar-refractivity contribution is 0.101. The Bertz CT molecular complexity index is 926. The molecule has 1 aromatic heterocycles. The van der Waals surface area contributed by atoms with Crippen molar-refractivity contribution in [1.29, 1.82) is 0 Å². The number of rotatable bonds is 4. The molecule has 2 amide bonds. The van der Waals surface area contributed by atoms with E-state index in [0.29, 0.717) is 28.3 Å². The summed E-state index contributed by atoms with van der Waals surface area (Å²) in [6.07, 6.45) is 0. The molecule has 0 aliphatic rings. The van der Waals surface area contributed by atoms with Gasteiger partial charge in [-0.25, -0.2) is 4.79 Å². The van der Waals surface area contributed by atoms with Crippen LogP contribution in [0.1, 0.15) is 17.3 Å². The fourth-order valence-electron chi connectivity index (χ4n) is 2.19. The van der Waals surface area contributed by atoms with Gasteiger partial charge in [0.25, 0.3) is 0 Å². The van der Waals surface area contributed by atoms with Crippen molar-refractivity contribution in [3.63, 3.8) is 0 Å². The summed E-state index contributed by atoms with van der Waals surface area (Å²) in [5.74, 6) is 0.284. The first-order chi connectivity index (χ1) is 12.0. The number of aromatic amines is 1. The zero-order valence-electron chi connectivity index (χ0n) is 13.1. The molecule has 3 N–H and O–H groups in total. The van der Waals surface area contributed by atoms with Crippen molar-refractivity contribution >= 4 is 39.1 Å². The Labute approximate surface area is 151 Å². The summed E-state index contributed by atoms with van der Waals surface area (Å²) in [5.41, 5.74) is 2.16. The van der Waals surface area contributed by atoms with Gasteiger partial charge in [-0.3, -0.25) is 4.79 Å². The second-order valence-electron chi connectivity index (χ2n) is 5.14. The lowest BCUT2D eigenvalue weighted by Crippen LogP contribution is -2.20. The van der Waals surface area contributed by atoms with Crippen LogP contribution in [0.25, 0.3) is 11.4 Å². The molecule has 0 aliphatic heterocycles. The predicted molar refractivity (Wildman–Crippen MR) is 96.4 cm³/mol. The van der Waals surface area contributed by atoms with E-state index in [1.807, 2.05) is 0 Å². The van der Waals surface area contributed by atoms with E-state index < -0.39 is 6.03 Å². The zero-order valence-corrected chi connectivity index (χ0v) is 14.7. The van der Waals surface area contributed by atoms with E-state index in [4.69, 9.17) is 0 Å². The molecule has 1 heterocycles. The minimum atomic E-state index is -0.451. The number of hydrogen-bond donors (Lipinski definition) is 3. The van der Waals surface area contributed by atoms with E-state index in [1.54, 1.807) is 42.5 Å². The maximum atomic E-state index is 12.3. The number of ketones is 1. The van der Waals surface area contributed by atoms with Crippen LogP contribution in [0.3, 0.4) is 0 Å². The Morgan fingerprint density at radius 3 is 2.68 bits per heavy atom. The summed E-state index contributed by atoms with van der Waals surface area (Å²) in [6.45, 7) is 1.47. The van der Waals surface area contributed by atoms with E-state index >= 15 is 0 Å². The number of Topliss-reactive ketones (excluding diaryl/α,β-unsaturated/α-hetero) is 1. The summed E-state index contributed by atoms with van der Waals surface area (Å²) in [4.78, 5) is 23.7. The number of hydrogen-bond acceptors (Lipinski definition) is 5. The second-order valence-corrected chi connectivity index (χ2v) is 6.06. The van der Waals surface area contributed by atoms with Gasteiger partial charge in [0.05, 0.1) is 5.69 Å². The largest absolute Gasteiger partial charge is 0.323 e. The predicted octanol–water partition coefficient (Wildman–Crippen LogP) is 3.48. The molecule has 0 bridgehead atoms. The second kappa shape index (κ2) is 7.22. The molecule has 0 radical (unpaired) electrons. The van der Waals surface area contributed by atoms with Crippen LogP contribution in [0, 0.1) is 0 Å². The van der Waals surface area contributed by atoms with Gasteiger partial charge >= 0.3 is 6.03 Å². The number of benzene rings is 2. The van der Waals surface area contributed by atoms with Crippen LogP contribution in [0.4, 0.5) is 16.2 Å². The first-order valence-electron chi connectivity index (χ1n) is 7.25. The van der Waals surface area contributed by atoms with Crippen molar-refractivity contribution in [2.24, 2.45) is 0 Å². The van der Waals surface area contributed by atoms with Gasteiger partial charge in [0.1, 0.15) is 0 Å². The molecule has 2 aromatic carbocycles. The number of urea groups is 1. The van der Waals surface area contributed by atoms with Crippen molar-refractivity contribution in [3.8, 4) is 11.4 Å². The minimum absolute atomic E-state index is 0.0728. The molecule has 9 heteroatoms. The quantitative estimate of drug-likeness (QED) is 0.580. The smallest absolute Gasteiger partial charge is 0.308 e. The molecule has 3 rings (SSSR count). The van der Waals surface area contributed by atoms with Crippen molar-refractivity contribution in [1.82, 2.24) is 20.6 Å². The summed E-state index contributed by atoms with van der Waals surface area (Å²) in [7, 11) is 0. The van der Waals surface area contributed by atoms with Gasteiger partial charge in [0, 0.05) is 21.3 Å². The molecule has 0 saturated carbocycles. The lowest BCUT2D eigenvalue weighted by Gasteiger charge is -2.11. The normalized spacial score (nSPS) is 10.3. The highest BCUT2D eigenvalue weighted by Crippen LogP contribution is 2.28. The third-order valence-electron chi connectivity index (χ3n) is 3.34. The van der Waals surface area contributed by atoms with E-state index in [-0.39, 0.29) is 5.78 Å². The molecule has 0 spiro atoms. The fraction of sp³-hybridized carbons (Fsp3) is 0.0625. The molecular weight excluding hydrogens is 388 g/mol. The first-order valence-corrected chi connectivity index (χ1v) is 8.04. The van der Waals surface area contributed by atoms with Crippen molar-refractivity contribution < 1.29 is 9.59 Å². The maximum Gasteiger partial charge on any atom is 0.323 e. The first kappa shape index (κ1) is 16.8. The van der Waals surface area contributed by atoms with Crippen LogP contribution in [0.2, 0.25) is 0 Å². The van der Waals surface area contributed by atoms with E-state index in [0.717, 1.165) is 4.47 Å². The van der Waals surface area contributed by atoms with Gasteiger partial charge in [-0.05, 0) is 42.5 Å². The molecule has 8 nitrogen and oxygen atoms in total. The fourth-order valence-corrected chi connectivity index (χ4v) is 2.55. The standard InChI is InChI=1S/C16H13BrN6O2/c1-9(24)10-3-2-4-12(7-10)18-16(25)19-14-6-5-11(17)8-13(14)15-20-22-23-21-15/h2-8H,1H3,(H2,18,19,25)(H,20,21,22,23). The Morgan fingerprint density at radius 1 is 1.12 bits per heavy atom.